The number of aromatic nitrogens is 1. The lowest BCUT2D eigenvalue weighted by atomic mass is 9.98. The molecule has 0 aromatic carbocycles. The van der Waals surface area contributed by atoms with Crippen molar-refractivity contribution < 1.29 is 4.79 Å². The highest BCUT2D eigenvalue weighted by atomic mass is 16.2. The minimum atomic E-state index is -0.265. The molecule has 100 valence electrons. The smallest absolute Gasteiger partial charge is 0.259 e. The van der Waals surface area contributed by atoms with Crippen molar-refractivity contribution in [3.8, 4) is 6.07 Å². The zero-order valence-corrected chi connectivity index (χ0v) is 11.2. The van der Waals surface area contributed by atoms with Crippen molar-refractivity contribution in [1.29, 1.82) is 5.26 Å². The second-order valence-corrected chi connectivity index (χ2v) is 5.04. The maximum atomic E-state index is 12.4. The molecule has 0 unspecified atom stereocenters. The third-order valence-electron chi connectivity index (χ3n) is 3.46. The number of carbonyl (C=O) groups excluding carboxylic acids is 1. The molecule has 1 aromatic heterocycles. The van der Waals surface area contributed by atoms with E-state index in [9.17, 15) is 9.59 Å². The molecule has 1 amide bonds. The number of nitrogens with one attached hydrogen (secondary N) is 1. The standard InChI is InChI=1S/C14H17N3O2/c1-9-6-12(18)13(10(2)16-9)14(19)17-5-3-4-11(7-15)8-17/h6,11H,3-5,8H2,1-2H3,(H,16,18)/t11-/m0/s1. The van der Waals surface area contributed by atoms with Crippen molar-refractivity contribution in [2.24, 2.45) is 5.92 Å². The molecule has 0 saturated carbocycles. The molecule has 1 aromatic rings. The fourth-order valence-electron chi connectivity index (χ4n) is 2.54. The van der Waals surface area contributed by atoms with Crippen LogP contribution in [0.4, 0.5) is 0 Å². The van der Waals surface area contributed by atoms with E-state index < -0.39 is 0 Å². The van der Waals surface area contributed by atoms with E-state index in [1.165, 1.54) is 6.07 Å². The molecular formula is C14H17N3O2. The van der Waals surface area contributed by atoms with Gasteiger partial charge in [-0.1, -0.05) is 0 Å². The Morgan fingerprint density at radius 3 is 2.89 bits per heavy atom. The van der Waals surface area contributed by atoms with Crippen molar-refractivity contribution in [3.05, 3.63) is 33.2 Å². The van der Waals surface area contributed by atoms with Crippen LogP contribution in [-0.2, 0) is 0 Å². The number of hydrogen-bond donors (Lipinski definition) is 1. The number of nitriles is 1. The fourth-order valence-corrected chi connectivity index (χ4v) is 2.54. The molecule has 5 heteroatoms. The maximum Gasteiger partial charge on any atom is 0.259 e. The predicted molar refractivity (Wildman–Crippen MR) is 70.8 cm³/mol. The summed E-state index contributed by atoms with van der Waals surface area (Å²) in [4.78, 5) is 29.0. The van der Waals surface area contributed by atoms with Gasteiger partial charge >= 0.3 is 0 Å². The van der Waals surface area contributed by atoms with Crippen LogP contribution in [0.2, 0.25) is 0 Å². The Labute approximate surface area is 111 Å². The quantitative estimate of drug-likeness (QED) is 0.827. The molecule has 0 spiro atoms. The van der Waals surface area contributed by atoms with E-state index in [4.69, 9.17) is 5.26 Å². The summed E-state index contributed by atoms with van der Waals surface area (Å²) in [5.74, 6) is -0.388. The highest BCUT2D eigenvalue weighted by molar-refractivity contribution is 5.95. The number of likely N-dealkylation sites (tertiary alicyclic amines) is 1. The lowest BCUT2D eigenvalue weighted by Crippen LogP contribution is -2.41. The number of carbonyl (C=O) groups is 1. The lowest BCUT2D eigenvalue weighted by molar-refractivity contribution is 0.0696. The molecule has 1 saturated heterocycles. The first-order valence-electron chi connectivity index (χ1n) is 6.42. The SMILES string of the molecule is Cc1cc(=O)c(C(=O)N2CCC[C@@H](C#N)C2)c(C)[nH]1. The number of nitrogens with zero attached hydrogens (tertiary/aromatic N) is 2. The number of piperidine rings is 1. The zero-order chi connectivity index (χ0) is 14.0. The largest absolute Gasteiger partial charge is 0.362 e. The Hall–Kier alpha value is -2.09. The first-order valence-corrected chi connectivity index (χ1v) is 6.42. The summed E-state index contributed by atoms with van der Waals surface area (Å²) in [6, 6.07) is 3.64. The van der Waals surface area contributed by atoms with Gasteiger partial charge in [0.05, 0.1) is 12.0 Å². The normalized spacial score (nSPS) is 19.0. The Kier molecular flexibility index (Phi) is 3.70. The Morgan fingerprint density at radius 2 is 2.26 bits per heavy atom. The number of H-pyrrole nitrogens is 1. The minimum absolute atomic E-state index is 0.123. The lowest BCUT2D eigenvalue weighted by Gasteiger charge is -2.29. The van der Waals surface area contributed by atoms with Gasteiger partial charge in [-0.15, -0.1) is 0 Å². The summed E-state index contributed by atoms with van der Waals surface area (Å²) in [6.07, 6.45) is 1.64. The van der Waals surface area contributed by atoms with Crippen LogP contribution in [0.5, 0.6) is 0 Å². The van der Waals surface area contributed by atoms with Gasteiger partial charge in [0, 0.05) is 30.5 Å². The van der Waals surface area contributed by atoms with Crippen LogP contribution < -0.4 is 5.43 Å². The third-order valence-corrected chi connectivity index (χ3v) is 3.46. The molecule has 1 N–H and O–H groups in total. The van der Waals surface area contributed by atoms with E-state index in [0.717, 1.165) is 18.5 Å². The second kappa shape index (κ2) is 5.27. The topological polar surface area (TPSA) is 77.0 Å². The van der Waals surface area contributed by atoms with Gasteiger partial charge in [0.25, 0.3) is 5.91 Å². The van der Waals surface area contributed by atoms with E-state index in [0.29, 0.717) is 18.8 Å². The molecule has 2 heterocycles. The Bertz CT molecular complexity index is 598. The molecule has 0 aliphatic carbocycles. The van der Waals surface area contributed by atoms with Gasteiger partial charge in [0.2, 0.25) is 0 Å². The highest BCUT2D eigenvalue weighted by Gasteiger charge is 2.26. The maximum absolute atomic E-state index is 12.4. The van der Waals surface area contributed by atoms with Crippen LogP contribution in [0.25, 0.3) is 0 Å². The predicted octanol–water partition coefficient (Wildman–Crippen LogP) is 1.37. The second-order valence-electron chi connectivity index (χ2n) is 5.04. The third kappa shape index (κ3) is 2.68. The van der Waals surface area contributed by atoms with Gasteiger partial charge in [0.1, 0.15) is 5.56 Å². The summed E-state index contributed by atoms with van der Waals surface area (Å²) in [5, 5.41) is 8.95. The molecule has 5 nitrogen and oxygen atoms in total. The van der Waals surface area contributed by atoms with Crippen LogP contribution in [0.1, 0.15) is 34.6 Å². The molecule has 0 bridgehead atoms. The monoisotopic (exact) mass is 259 g/mol. The summed E-state index contributed by atoms with van der Waals surface area (Å²) in [5.41, 5.74) is 1.28. The average molecular weight is 259 g/mol. The van der Waals surface area contributed by atoms with Gasteiger partial charge in [-0.2, -0.15) is 5.26 Å². The fraction of sp³-hybridized carbons (Fsp3) is 0.500. The van der Waals surface area contributed by atoms with Gasteiger partial charge in [-0.25, -0.2) is 0 Å². The van der Waals surface area contributed by atoms with Crippen molar-refractivity contribution in [1.82, 2.24) is 9.88 Å². The summed E-state index contributed by atoms with van der Waals surface area (Å²) in [7, 11) is 0. The Morgan fingerprint density at radius 1 is 1.53 bits per heavy atom. The van der Waals surface area contributed by atoms with Gasteiger partial charge in [-0.3, -0.25) is 9.59 Å². The van der Waals surface area contributed by atoms with E-state index in [1.54, 1.807) is 18.7 Å². The molecule has 1 atom stereocenters. The number of hydrogen-bond acceptors (Lipinski definition) is 3. The van der Waals surface area contributed by atoms with Crippen molar-refractivity contribution >= 4 is 5.91 Å². The summed E-state index contributed by atoms with van der Waals surface area (Å²) in [6.45, 7) is 4.55. The van der Waals surface area contributed by atoms with Gasteiger partial charge < -0.3 is 9.88 Å². The van der Waals surface area contributed by atoms with Crippen molar-refractivity contribution in [2.75, 3.05) is 13.1 Å². The van der Waals surface area contributed by atoms with E-state index in [1.807, 2.05) is 0 Å². The van der Waals surface area contributed by atoms with Crippen LogP contribution in [0.3, 0.4) is 0 Å². The summed E-state index contributed by atoms with van der Waals surface area (Å²) >= 11 is 0. The minimum Gasteiger partial charge on any atom is -0.362 e. The number of aromatic amines is 1. The van der Waals surface area contributed by atoms with Crippen molar-refractivity contribution in [2.45, 2.75) is 26.7 Å². The van der Waals surface area contributed by atoms with Crippen LogP contribution in [0, 0.1) is 31.1 Å². The molecule has 1 fully saturated rings. The molecule has 2 rings (SSSR count). The van der Waals surface area contributed by atoms with Gasteiger partial charge in [-0.05, 0) is 26.7 Å². The molecule has 0 radical (unpaired) electrons. The molecule has 1 aliphatic rings. The molecular weight excluding hydrogens is 242 g/mol. The number of amides is 1. The van der Waals surface area contributed by atoms with Gasteiger partial charge in [0.15, 0.2) is 5.43 Å². The number of aryl methyl sites for hydroxylation is 2. The molecule has 19 heavy (non-hydrogen) atoms. The van der Waals surface area contributed by atoms with Crippen molar-refractivity contribution in [3.63, 3.8) is 0 Å². The van der Waals surface area contributed by atoms with Crippen LogP contribution >= 0.6 is 0 Å². The van der Waals surface area contributed by atoms with E-state index >= 15 is 0 Å². The van der Waals surface area contributed by atoms with E-state index in [-0.39, 0.29) is 22.8 Å². The average Bonchev–Trinajstić information content (AvgIpc) is 2.37. The van der Waals surface area contributed by atoms with Crippen LogP contribution in [0.15, 0.2) is 10.9 Å². The zero-order valence-electron chi connectivity index (χ0n) is 11.2. The Balaban J connectivity index is 2.30. The number of pyridine rings is 1. The summed E-state index contributed by atoms with van der Waals surface area (Å²) < 4.78 is 0. The highest BCUT2D eigenvalue weighted by Crippen LogP contribution is 2.17. The number of rotatable bonds is 1. The van der Waals surface area contributed by atoms with E-state index in [2.05, 4.69) is 11.1 Å². The van der Waals surface area contributed by atoms with Crippen LogP contribution in [-0.4, -0.2) is 28.9 Å². The molecule has 1 aliphatic heterocycles. The first-order chi connectivity index (χ1) is 9.02. The first kappa shape index (κ1) is 13.3.